The minimum Gasteiger partial charge on any atom is -0.497 e. The lowest BCUT2D eigenvalue weighted by Gasteiger charge is -2.17. The minimum absolute atomic E-state index is 0.000519. The molecule has 0 saturated carbocycles. The maximum absolute atomic E-state index is 12.5. The van der Waals surface area contributed by atoms with Crippen LogP contribution in [0.1, 0.15) is 23.7 Å². The standard InChI is InChI=1S/C21H22N2O5/c1-14(24)28-19-6-4-3-5-18(19)21(26)22-12-15-11-20(25)23(13-15)16-7-9-17(27-2)10-8-16/h3-10,15H,11-13H2,1-2H3,(H,22,26). The van der Waals surface area contributed by atoms with Gasteiger partial charge in [0.1, 0.15) is 11.5 Å². The second-order valence-electron chi connectivity index (χ2n) is 6.57. The Labute approximate surface area is 163 Å². The molecule has 1 saturated heterocycles. The van der Waals surface area contributed by atoms with E-state index < -0.39 is 5.97 Å². The quantitative estimate of drug-likeness (QED) is 0.613. The Morgan fingerprint density at radius 1 is 1.14 bits per heavy atom. The number of hydrogen-bond acceptors (Lipinski definition) is 5. The van der Waals surface area contributed by atoms with Crippen molar-refractivity contribution in [2.75, 3.05) is 25.1 Å². The van der Waals surface area contributed by atoms with Gasteiger partial charge in [-0.05, 0) is 36.4 Å². The molecule has 0 bridgehead atoms. The second kappa shape index (κ2) is 8.56. The lowest BCUT2D eigenvalue weighted by Crippen LogP contribution is -2.31. The number of esters is 1. The summed E-state index contributed by atoms with van der Waals surface area (Å²) in [6.07, 6.45) is 0.359. The predicted octanol–water partition coefficient (Wildman–Crippen LogP) is 2.40. The van der Waals surface area contributed by atoms with Crippen LogP contribution in [0.2, 0.25) is 0 Å². The molecule has 2 aromatic carbocycles. The van der Waals surface area contributed by atoms with E-state index in [0.29, 0.717) is 19.5 Å². The number of hydrogen-bond donors (Lipinski definition) is 1. The van der Waals surface area contributed by atoms with Crippen LogP contribution in [0.25, 0.3) is 0 Å². The van der Waals surface area contributed by atoms with E-state index in [2.05, 4.69) is 5.32 Å². The molecule has 7 nitrogen and oxygen atoms in total. The zero-order valence-corrected chi connectivity index (χ0v) is 15.8. The Morgan fingerprint density at radius 3 is 2.54 bits per heavy atom. The third-order valence-electron chi connectivity index (χ3n) is 4.53. The van der Waals surface area contributed by atoms with E-state index in [1.807, 2.05) is 24.3 Å². The van der Waals surface area contributed by atoms with Gasteiger partial charge in [0.15, 0.2) is 0 Å². The largest absolute Gasteiger partial charge is 0.497 e. The summed E-state index contributed by atoms with van der Waals surface area (Å²) < 4.78 is 10.2. The molecule has 2 amide bonds. The van der Waals surface area contributed by atoms with Crippen LogP contribution in [-0.2, 0) is 9.59 Å². The van der Waals surface area contributed by atoms with Crippen molar-refractivity contribution in [1.29, 1.82) is 0 Å². The number of ether oxygens (including phenoxy) is 2. The average Bonchev–Trinajstić information content (AvgIpc) is 3.07. The fourth-order valence-electron chi connectivity index (χ4n) is 3.16. The molecule has 1 aliphatic heterocycles. The molecule has 3 rings (SSSR count). The molecule has 1 heterocycles. The van der Waals surface area contributed by atoms with E-state index in [0.717, 1.165) is 11.4 Å². The van der Waals surface area contributed by atoms with E-state index in [-0.39, 0.29) is 29.0 Å². The summed E-state index contributed by atoms with van der Waals surface area (Å²) in [5.74, 6) is 0.133. The van der Waals surface area contributed by atoms with Crippen LogP contribution in [0.3, 0.4) is 0 Å². The molecule has 1 N–H and O–H groups in total. The number of carbonyl (C=O) groups excluding carboxylic acids is 3. The number of amides is 2. The van der Waals surface area contributed by atoms with Crippen LogP contribution in [0.15, 0.2) is 48.5 Å². The molecule has 0 spiro atoms. The predicted molar refractivity (Wildman–Crippen MR) is 104 cm³/mol. The highest BCUT2D eigenvalue weighted by Gasteiger charge is 2.31. The maximum Gasteiger partial charge on any atom is 0.308 e. The van der Waals surface area contributed by atoms with Crippen LogP contribution >= 0.6 is 0 Å². The molecule has 2 aromatic rings. The molecule has 0 radical (unpaired) electrons. The maximum atomic E-state index is 12.5. The van der Waals surface area contributed by atoms with Crippen molar-refractivity contribution in [2.24, 2.45) is 5.92 Å². The molecule has 1 aliphatic rings. The molecule has 1 unspecified atom stereocenters. The van der Waals surface area contributed by atoms with Crippen molar-refractivity contribution in [1.82, 2.24) is 5.32 Å². The molecular weight excluding hydrogens is 360 g/mol. The van der Waals surface area contributed by atoms with E-state index >= 15 is 0 Å². The number of methoxy groups -OCH3 is 1. The van der Waals surface area contributed by atoms with Crippen molar-refractivity contribution in [3.8, 4) is 11.5 Å². The highest BCUT2D eigenvalue weighted by atomic mass is 16.5. The van der Waals surface area contributed by atoms with Gasteiger partial charge in [-0.1, -0.05) is 12.1 Å². The van der Waals surface area contributed by atoms with Crippen molar-refractivity contribution in [3.05, 3.63) is 54.1 Å². The topological polar surface area (TPSA) is 84.9 Å². The first kappa shape index (κ1) is 19.4. The Hall–Kier alpha value is -3.35. The first-order chi connectivity index (χ1) is 13.5. The summed E-state index contributed by atoms with van der Waals surface area (Å²) >= 11 is 0. The molecule has 0 aromatic heterocycles. The minimum atomic E-state index is -0.489. The summed E-state index contributed by atoms with van der Waals surface area (Å²) in [5, 5.41) is 2.84. The van der Waals surface area contributed by atoms with Crippen LogP contribution in [0, 0.1) is 5.92 Å². The molecule has 1 fully saturated rings. The van der Waals surface area contributed by atoms with Crippen LogP contribution in [0.5, 0.6) is 11.5 Å². The first-order valence-electron chi connectivity index (χ1n) is 8.98. The summed E-state index contributed by atoms with van der Waals surface area (Å²) in [4.78, 5) is 37.8. The van der Waals surface area contributed by atoms with Crippen LogP contribution in [-0.4, -0.2) is 38.0 Å². The third kappa shape index (κ3) is 4.49. The molecule has 146 valence electrons. The molecule has 0 aliphatic carbocycles. The van der Waals surface area contributed by atoms with Crippen molar-refractivity contribution < 1.29 is 23.9 Å². The zero-order chi connectivity index (χ0) is 20.1. The number of nitrogens with zero attached hydrogens (tertiary/aromatic N) is 1. The van der Waals surface area contributed by atoms with E-state index in [4.69, 9.17) is 9.47 Å². The smallest absolute Gasteiger partial charge is 0.308 e. The number of benzene rings is 2. The average molecular weight is 382 g/mol. The van der Waals surface area contributed by atoms with Gasteiger partial charge < -0.3 is 19.7 Å². The van der Waals surface area contributed by atoms with Gasteiger partial charge in [0.05, 0.1) is 12.7 Å². The van der Waals surface area contributed by atoms with Crippen LogP contribution < -0.4 is 19.7 Å². The summed E-state index contributed by atoms with van der Waals surface area (Å²) in [6, 6.07) is 13.9. The number of nitrogens with one attached hydrogen (secondary N) is 1. The van der Waals surface area contributed by atoms with Crippen LogP contribution in [0.4, 0.5) is 5.69 Å². The summed E-state index contributed by atoms with van der Waals surface area (Å²) in [7, 11) is 1.59. The first-order valence-corrected chi connectivity index (χ1v) is 8.98. The van der Waals surface area contributed by atoms with E-state index in [1.165, 1.54) is 6.92 Å². The SMILES string of the molecule is COc1ccc(N2CC(CNC(=O)c3ccccc3OC(C)=O)CC2=O)cc1. The van der Waals surface area contributed by atoms with Crippen molar-refractivity contribution in [3.63, 3.8) is 0 Å². The third-order valence-corrected chi connectivity index (χ3v) is 4.53. The normalized spacial score (nSPS) is 16.0. The number of para-hydroxylation sites is 1. The monoisotopic (exact) mass is 382 g/mol. The second-order valence-corrected chi connectivity index (χ2v) is 6.57. The molecule has 1 atom stereocenters. The number of rotatable bonds is 6. The molecular formula is C21H22N2O5. The highest BCUT2D eigenvalue weighted by Crippen LogP contribution is 2.26. The molecule has 28 heavy (non-hydrogen) atoms. The Kier molecular flexibility index (Phi) is 5.93. The van der Waals surface area contributed by atoms with Gasteiger partial charge in [0.25, 0.3) is 5.91 Å². The number of anilines is 1. The van der Waals surface area contributed by atoms with Gasteiger partial charge in [-0.2, -0.15) is 0 Å². The Balaban J connectivity index is 1.60. The lowest BCUT2D eigenvalue weighted by atomic mass is 10.1. The lowest BCUT2D eigenvalue weighted by molar-refractivity contribution is -0.131. The van der Waals surface area contributed by atoms with E-state index in [9.17, 15) is 14.4 Å². The fourth-order valence-corrected chi connectivity index (χ4v) is 3.16. The van der Waals surface area contributed by atoms with Gasteiger partial charge in [0, 0.05) is 38.0 Å². The molecule has 7 heteroatoms. The van der Waals surface area contributed by atoms with Gasteiger partial charge in [-0.25, -0.2) is 0 Å². The van der Waals surface area contributed by atoms with Gasteiger partial charge in [0.2, 0.25) is 5.91 Å². The van der Waals surface area contributed by atoms with Crippen molar-refractivity contribution >= 4 is 23.5 Å². The van der Waals surface area contributed by atoms with Gasteiger partial charge in [-0.15, -0.1) is 0 Å². The van der Waals surface area contributed by atoms with Gasteiger partial charge >= 0.3 is 5.97 Å². The highest BCUT2D eigenvalue weighted by molar-refractivity contribution is 5.98. The number of carbonyl (C=O) groups is 3. The van der Waals surface area contributed by atoms with Gasteiger partial charge in [-0.3, -0.25) is 14.4 Å². The van der Waals surface area contributed by atoms with E-state index in [1.54, 1.807) is 36.3 Å². The Morgan fingerprint density at radius 2 is 1.86 bits per heavy atom. The Bertz CT molecular complexity index is 879. The summed E-state index contributed by atoms with van der Waals surface area (Å²) in [6.45, 7) is 2.16. The summed E-state index contributed by atoms with van der Waals surface area (Å²) in [5.41, 5.74) is 1.09. The van der Waals surface area contributed by atoms with Crippen molar-refractivity contribution in [2.45, 2.75) is 13.3 Å². The fraction of sp³-hybridized carbons (Fsp3) is 0.286. The zero-order valence-electron chi connectivity index (χ0n) is 15.8.